The molecule has 190 valence electrons. The van der Waals surface area contributed by atoms with Crippen molar-refractivity contribution in [2.45, 2.75) is 6.10 Å². The van der Waals surface area contributed by atoms with Gasteiger partial charge in [0.25, 0.3) is 11.1 Å². The molecule has 37 heavy (non-hydrogen) atoms. The van der Waals surface area contributed by atoms with E-state index >= 15 is 4.39 Å². The average molecular weight is 540 g/mol. The van der Waals surface area contributed by atoms with Crippen molar-refractivity contribution in [2.75, 3.05) is 54.0 Å². The number of rotatable bonds is 6. The number of carbonyl (C=O) groups excluding carboxylic acids is 3. The third kappa shape index (κ3) is 5.51. The van der Waals surface area contributed by atoms with E-state index in [0.29, 0.717) is 42.5 Å². The fraction of sp³-hybridized carbons (Fsp3) is 0.280. The van der Waals surface area contributed by atoms with Crippen LogP contribution in [0, 0.1) is 5.82 Å². The van der Waals surface area contributed by atoms with E-state index in [1.165, 1.54) is 11.0 Å². The van der Waals surface area contributed by atoms with Crippen molar-refractivity contribution in [3.05, 3.63) is 58.8 Å². The highest BCUT2D eigenvalue weighted by Gasteiger charge is 2.33. The summed E-state index contributed by atoms with van der Waals surface area (Å²) in [6.07, 6.45) is 0.718. The number of hydrogen-bond donors (Lipinski definition) is 1. The second kappa shape index (κ2) is 10.7. The number of hydrogen-bond acceptors (Lipinski definition) is 9. The van der Waals surface area contributed by atoms with Gasteiger partial charge >= 0.3 is 6.09 Å². The zero-order valence-corrected chi connectivity index (χ0v) is 21.2. The minimum absolute atomic E-state index is 0.230. The lowest BCUT2D eigenvalue weighted by Crippen LogP contribution is -2.46. The molecule has 0 aromatic heterocycles. The Balaban J connectivity index is 1.19. The minimum Gasteiger partial charge on any atom is -0.442 e. The van der Waals surface area contributed by atoms with Gasteiger partial charge in [-0.25, -0.2) is 14.2 Å². The smallest absolute Gasteiger partial charge is 0.414 e. The second-order valence-corrected chi connectivity index (χ2v) is 9.80. The molecular weight excluding hydrogens is 517 g/mol. The van der Waals surface area contributed by atoms with Crippen LogP contribution in [0.25, 0.3) is 6.08 Å². The number of carbonyl (C=O) groups is 3. The van der Waals surface area contributed by atoms with Crippen LogP contribution >= 0.6 is 24.0 Å². The molecule has 3 saturated heterocycles. The van der Waals surface area contributed by atoms with E-state index in [-0.39, 0.29) is 24.2 Å². The highest BCUT2D eigenvalue weighted by atomic mass is 32.2. The summed E-state index contributed by atoms with van der Waals surface area (Å²) in [6.45, 7) is 3.17. The number of ether oxygens (including phenoxy) is 1. The van der Waals surface area contributed by atoms with Gasteiger partial charge in [-0.2, -0.15) is 0 Å². The van der Waals surface area contributed by atoms with Gasteiger partial charge < -0.3 is 14.5 Å². The van der Waals surface area contributed by atoms with Crippen LogP contribution in [0.15, 0.2) is 52.4 Å². The predicted octanol–water partition coefficient (Wildman–Crippen LogP) is 3.90. The first-order valence-corrected chi connectivity index (χ1v) is 12.8. The number of thiocarbonyl (C=S) groups is 1. The second-order valence-electron chi connectivity index (χ2n) is 8.60. The molecular formula is C25H22FN5O4S2. The zero-order valence-electron chi connectivity index (χ0n) is 19.6. The molecule has 0 unspecified atom stereocenters. The number of amides is 3. The van der Waals surface area contributed by atoms with Crippen molar-refractivity contribution in [3.63, 3.8) is 0 Å². The fourth-order valence-electron chi connectivity index (χ4n) is 4.45. The van der Waals surface area contributed by atoms with Crippen LogP contribution in [0.1, 0.15) is 5.56 Å². The Kier molecular flexibility index (Phi) is 7.22. The zero-order chi connectivity index (χ0) is 25.9. The van der Waals surface area contributed by atoms with E-state index < -0.39 is 18.0 Å². The quantitative estimate of drug-likeness (QED) is 0.336. The number of nitrogens with zero attached hydrogens (tertiary/aromatic N) is 4. The third-order valence-electron chi connectivity index (χ3n) is 6.29. The largest absolute Gasteiger partial charge is 0.442 e. The van der Waals surface area contributed by atoms with Gasteiger partial charge in [0.15, 0.2) is 0 Å². The molecule has 3 aliphatic rings. The number of aliphatic imine (C=N–C) groups is 1. The average Bonchev–Trinajstić information content (AvgIpc) is 3.43. The highest BCUT2D eigenvalue weighted by molar-refractivity contribution is 8.18. The number of halogens is 1. The number of thioether (sulfide) groups is 1. The van der Waals surface area contributed by atoms with E-state index in [2.05, 4.69) is 32.6 Å². The summed E-state index contributed by atoms with van der Waals surface area (Å²) in [5.74, 6) is -0.777. The van der Waals surface area contributed by atoms with Gasteiger partial charge in [-0.05, 0) is 66.0 Å². The Bertz CT molecular complexity index is 1320. The Morgan fingerprint density at radius 1 is 1.08 bits per heavy atom. The van der Waals surface area contributed by atoms with E-state index in [9.17, 15) is 14.4 Å². The van der Waals surface area contributed by atoms with Gasteiger partial charge in [-0.3, -0.25) is 19.8 Å². The summed E-state index contributed by atoms with van der Waals surface area (Å²) in [5, 5.41) is 4.13. The van der Waals surface area contributed by atoms with E-state index in [0.717, 1.165) is 23.0 Å². The maximum atomic E-state index is 15.1. The molecule has 0 saturated carbocycles. The minimum atomic E-state index is -0.536. The van der Waals surface area contributed by atoms with Gasteiger partial charge in [-0.1, -0.05) is 12.1 Å². The normalized spacial score (nSPS) is 20.8. The molecule has 0 radical (unpaired) electrons. The van der Waals surface area contributed by atoms with Gasteiger partial charge in [0.2, 0.25) is 0 Å². The number of benzene rings is 2. The SMILES string of the molecule is O=C1NC(=O)/C(=C/c2ccc(N3CCN(c4ccc(N5C[C@H](CN=C=S)OC5=O)cc4F)CC3)cc2)S1. The summed E-state index contributed by atoms with van der Waals surface area (Å²) in [4.78, 5) is 45.0. The van der Waals surface area contributed by atoms with Crippen molar-refractivity contribution in [3.8, 4) is 0 Å². The maximum absolute atomic E-state index is 15.1. The monoisotopic (exact) mass is 539 g/mol. The number of imide groups is 1. The molecule has 9 nitrogen and oxygen atoms in total. The first kappa shape index (κ1) is 24.9. The number of anilines is 3. The van der Waals surface area contributed by atoms with Crippen molar-refractivity contribution < 1.29 is 23.5 Å². The highest BCUT2D eigenvalue weighted by Crippen LogP contribution is 2.30. The molecule has 3 fully saturated rings. The molecule has 5 rings (SSSR count). The van der Waals surface area contributed by atoms with Crippen molar-refractivity contribution in [2.24, 2.45) is 4.99 Å². The predicted molar refractivity (Wildman–Crippen MR) is 144 cm³/mol. The molecule has 2 aromatic carbocycles. The van der Waals surface area contributed by atoms with Crippen molar-refractivity contribution in [1.82, 2.24) is 5.32 Å². The van der Waals surface area contributed by atoms with Crippen LogP contribution in [0.3, 0.4) is 0 Å². The fourth-order valence-corrected chi connectivity index (χ4v) is 5.20. The van der Waals surface area contributed by atoms with Gasteiger partial charge in [-0.15, -0.1) is 0 Å². The first-order chi connectivity index (χ1) is 17.9. The number of nitrogens with one attached hydrogen (secondary N) is 1. The van der Waals surface area contributed by atoms with Crippen LogP contribution < -0.4 is 20.0 Å². The van der Waals surface area contributed by atoms with Crippen molar-refractivity contribution >= 4 is 69.5 Å². The molecule has 0 bridgehead atoms. The third-order valence-corrected chi connectivity index (χ3v) is 7.23. The van der Waals surface area contributed by atoms with Gasteiger partial charge in [0.1, 0.15) is 11.9 Å². The van der Waals surface area contributed by atoms with Crippen LogP contribution in [0.4, 0.5) is 31.0 Å². The molecule has 1 N–H and O–H groups in total. The summed E-state index contributed by atoms with van der Waals surface area (Å²) < 4.78 is 20.3. The number of piperazine rings is 1. The van der Waals surface area contributed by atoms with Crippen LogP contribution in [0.5, 0.6) is 0 Å². The Labute approximate surface area is 221 Å². The van der Waals surface area contributed by atoms with Crippen molar-refractivity contribution in [1.29, 1.82) is 0 Å². The van der Waals surface area contributed by atoms with Gasteiger partial charge in [0.05, 0.1) is 34.5 Å². The molecule has 1 atom stereocenters. The summed E-state index contributed by atoms with van der Waals surface area (Å²) >= 11 is 5.44. The number of isothiocyanates is 1. The molecule has 3 amide bonds. The van der Waals surface area contributed by atoms with Crippen LogP contribution in [-0.2, 0) is 9.53 Å². The molecule has 0 aliphatic carbocycles. The molecule has 3 aliphatic heterocycles. The topological polar surface area (TPSA) is 94.6 Å². The van der Waals surface area contributed by atoms with E-state index in [1.807, 2.05) is 29.2 Å². The lowest BCUT2D eigenvalue weighted by Gasteiger charge is -2.37. The van der Waals surface area contributed by atoms with E-state index in [1.54, 1.807) is 18.2 Å². The standard InChI is InChI=1S/C25H22FN5O4S2/c26-20-12-18(31-14-19(13-27-15-36)35-25(31)34)5-6-21(20)30-9-7-29(8-10-30)17-3-1-16(2-4-17)11-22-23(32)28-24(33)37-22/h1-6,11-12,19H,7-10,13-14H2,(H,28,32,33)/b22-11-/t19-/m0/s1. The molecule has 3 heterocycles. The Hall–Kier alpha value is -3.73. The lowest BCUT2D eigenvalue weighted by molar-refractivity contribution is -0.115. The van der Waals surface area contributed by atoms with Crippen LogP contribution in [-0.4, -0.2) is 67.8 Å². The summed E-state index contributed by atoms with van der Waals surface area (Å²) in [6, 6.07) is 12.5. The molecule has 0 spiro atoms. The summed E-state index contributed by atoms with van der Waals surface area (Å²) in [7, 11) is 0. The lowest BCUT2D eigenvalue weighted by atomic mass is 10.1. The maximum Gasteiger partial charge on any atom is 0.414 e. The van der Waals surface area contributed by atoms with Gasteiger partial charge in [0, 0.05) is 31.9 Å². The molecule has 2 aromatic rings. The van der Waals surface area contributed by atoms with Crippen LogP contribution in [0.2, 0.25) is 0 Å². The van der Waals surface area contributed by atoms with E-state index in [4.69, 9.17) is 4.74 Å². The molecule has 12 heteroatoms. The number of cyclic esters (lactones) is 1. The summed E-state index contributed by atoms with van der Waals surface area (Å²) in [5.41, 5.74) is 2.78. The first-order valence-electron chi connectivity index (χ1n) is 11.6. The Morgan fingerprint density at radius 3 is 2.43 bits per heavy atom. The Morgan fingerprint density at radius 2 is 1.78 bits per heavy atom.